The lowest BCUT2D eigenvalue weighted by molar-refractivity contribution is 0.126. The molecule has 0 amide bonds. The molecular weight excluding hydrogens is 411 g/mol. The highest BCUT2D eigenvalue weighted by molar-refractivity contribution is 5.40. The van der Waals surface area contributed by atoms with Crippen LogP contribution in [-0.4, -0.2) is 43.5 Å². The third-order valence-electron chi connectivity index (χ3n) is 5.93. The van der Waals surface area contributed by atoms with Crippen molar-refractivity contribution in [2.45, 2.75) is 32.5 Å². The Morgan fingerprint density at radius 2 is 1.84 bits per heavy atom. The molecule has 0 spiro atoms. The fourth-order valence-corrected chi connectivity index (χ4v) is 4.30. The lowest BCUT2D eigenvalue weighted by atomic mass is 9.95. The molecule has 0 radical (unpaired) electrons. The summed E-state index contributed by atoms with van der Waals surface area (Å²) in [5.74, 6) is 2.45. The van der Waals surface area contributed by atoms with Gasteiger partial charge in [0.2, 0.25) is 0 Å². The summed E-state index contributed by atoms with van der Waals surface area (Å²) in [6, 6.07) is 14.6. The van der Waals surface area contributed by atoms with Crippen LogP contribution in [0.2, 0.25) is 0 Å². The molecule has 7 heteroatoms. The minimum atomic E-state index is -0.238. The van der Waals surface area contributed by atoms with Crippen LogP contribution in [0.25, 0.3) is 0 Å². The monoisotopic (exact) mass is 440 g/mol. The molecule has 170 valence electrons. The van der Waals surface area contributed by atoms with Gasteiger partial charge in [0.15, 0.2) is 0 Å². The minimum Gasteiger partial charge on any atom is -0.497 e. The van der Waals surface area contributed by atoms with Crippen LogP contribution in [0.15, 0.2) is 53.1 Å². The van der Waals surface area contributed by atoms with Crippen molar-refractivity contribution in [3.8, 4) is 11.5 Å². The summed E-state index contributed by atoms with van der Waals surface area (Å²) in [6.07, 6.45) is 0.751. The molecule has 1 aliphatic rings. The molecule has 1 fully saturated rings. The van der Waals surface area contributed by atoms with Crippen molar-refractivity contribution in [1.82, 2.24) is 10.1 Å². The van der Waals surface area contributed by atoms with Gasteiger partial charge in [-0.2, -0.15) is 0 Å². The van der Waals surface area contributed by atoms with E-state index in [9.17, 15) is 4.39 Å². The van der Waals surface area contributed by atoms with Gasteiger partial charge >= 0.3 is 0 Å². The molecule has 3 aromatic rings. The van der Waals surface area contributed by atoms with Crippen molar-refractivity contribution in [3.05, 3.63) is 76.9 Å². The smallest absolute Gasteiger partial charge is 0.137 e. The number of benzene rings is 2. The zero-order chi connectivity index (χ0) is 22.5. The Morgan fingerprint density at radius 1 is 1.03 bits per heavy atom. The van der Waals surface area contributed by atoms with E-state index in [-0.39, 0.29) is 17.8 Å². The molecule has 1 aliphatic heterocycles. The Balaban J connectivity index is 1.61. The number of hydrogen-bond donors (Lipinski definition) is 0. The molecule has 1 saturated heterocycles. The van der Waals surface area contributed by atoms with Gasteiger partial charge in [-0.15, -0.1) is 0 Å². The first-order chi connectivity index (χ1) is 15.6. The summed E-state index contributed by atoms with van der Waals surface area (Å²) in [7, 11) is 3.32. The predicted octanol–water partition coefficient (Wildman–Crippen LogP) is 4.40. The zero-order valence-corrected chi connectivity index (χ0v) is 18.7. The van der Waals surface area contributed by atoms with Crippen LogP contribution in [0.4, 0.5) is 4.39 Å². The van der Waals surface area contributed by atoms with E-state index in [0.29, 0.717) is 26.3 Å². The number of aryl methyl sites for hydroxylation is 1. The van der Waals surface area contributed by atoms with Crippen LogP contribution in [0.5, 0.6) is 11.5 Å². The Labute approximate surface area is 187 Å². The molecule has 4 rings (SSSR count). The van der Waals surface area contributed by atoms with Crippen LogP contribution in [0.3, 0.4) is 0 Å². The predicted molar refractivity (Wildman–Crippen MR) is 118 cm³/mol. The highest BCUT2D eigenvalue weighted by atomic mass is 19.1. The number of ether oxygens (including phenoxy) is 3. The number of nitrogens with zero attached hydrogens (tertiary/aromatic N) is 2. The Morgan fingerprint density at radius 3 is 2.53 bits per heavy atom. The summed E-state index contributed by atoms with van der Waals surface area (Å²) in [4.78, 5) is 2.37. The first-order valence-corrected chi connectivity index (χ1v) is 10.7. The number of aromatic nitrogens is 1. The lowest BCUT2D eigenvalue weighted by Gasteiger charge is -2.32. The summed E-state index contributed by atoms with van der Waals surface area (Å²) < 4.78 is 35.9. The Bertz CT molecular complexity index is 1020. The maximum atomic E-state index is 13.5. The van der Waals surface area contributed by atoms with Crippen molar-refractivity contribution in [3.63, 3.8) is 0 Å². The molecule has 0 bridgehead atoms. The fourth-order valence-electron chi connectivity index (χ4n) is 4.30. The molecule has 2 aromatic carbocycles. The quantitative estimate of drug-likeness (QED) is 0.492. The second-order valence-electron chi connectivity index (χ2n) is 8.21. The highest BCUT2D eigenvalue weighted by Gasteiger charge is 2.34. The third kappa shape index (κ3) is 5.29. The SMILES string of the molecule is COc1ccc(OC)c(CN(Cc2ccc(F)cc2)[C@@H]2COC[C@H]2Cc2cc(C)no2)c1. The van der Waals surface area contributed by atoms with Gasteiger partial charge in [-0.3, -0.25) is 4.90 Å². The van der Waals surface area contributed by atoms with Gasteiger partial charge in [-0.1, -0.05) is 17.3 Å². The number of rotatable bonds is 9. The van der Waals surface area contributed by atoms with Crippen molar-refractivity contribution in [1.29, 1.82) is 0 Å². The first-order valence-electron chi connectivity index (χ1n) is 10.7. The second kappa shape index (κ2) is 10.1. The normalized spacial score (nSPS) is 18.3. The molecule has 0 saturated carbocycles. The molecule has 0 aliphatic carbocycles. The van der Waals surface area contributed by atoms with Gasteiger partial charge in [-0.05, 0) is 42.8 Å². The summed E-state index contributed by atoms with van der Waals surface area (Å²) in [5, 5.41) is 4.02. The van der Waals surface area contributed by atoms with Gasteiger partial charge in [0.1, 0.15) is 23.1 Å². The highest BCUT2D eigenvalue weighted by Crippen LogP contribution is 2.31. The van der Waals surface area contributed by atoms with Crippen LogP contribution in [0, 0.1) is 18.7 Å². The lowest BCUT2D eigenvalue weighted by Crippen LogP contribution is -2.40. The maximum absolute atomic E-state index is 13.5. The summed E-state index contributed by atoms with van der Waals surface area (Å²) in [5.41, 5.74) is 2.93. The van der Waals surface area contributed by atoms with Crippen LogP contribution in [-0.2, 0) is 24.2 Å². The van der Waals surface area contributed by atoms with Gasteiger partial charge in [0, 0.05) is 43.1 Å². The third-order valence-corrected chi connectivity index (χ3v) is 5.93. The molecule has 0 unspecified atom stereocenters. The van der Waals surface area contributed by atoms with E-state index in [1.54, 1.807) is 14.2 Å². The second-order valence-corrected chi connectivity index (χ2v) is 8.21. The van der Waals surface area contributed by atoms with E-state index in [4.69, 9.17) is 18.7 Å². The van der Waals surface area contributed by atoms with Gasteiger partial charge < -0.3 is 18.7 Å². The van der Waals surface area contributed by atoms with E-state index in [1.807, 2.05) is 43.3 Å². The molecule has 32 heavy (non-hydrogen) atoms. The largest absolute Gasteiger partial charge is 0.497 e. The molecule has 1 aromatic heterocycles. The van der Waals surface area contributed by atoms with E-state index in [1.165, 1.54) is 12.1 Å². The van der Waals surface area contributed by atoms with E-state index < -0.39 is 0 Å². The van der Waals surface area contributed by atoms with Crippen molar-refractivity contribution in [2.24, 2.45) is 5.92 Å². The fraction of sp³-hybridized carbons (Fsp3) is 0.400. The average molecular weight is 441 g/mol. The molecular formula is C25H29FN2O4. The molecule has 0 N–H and O–H groups in total. The van der Waals surface area contributed by atoms with Gasteiger partial charge in [0.05, 0.1) is 33.1 Å². The zero-order valence-electron chi connectivity index (χ0n) is 18.7. The number of halogens is 1. The first kappa shape index (κ1) is 22.3. The van der Waals surface area contributed by atoms with Crippen LogP contribution in [0.1, 0.15) is 22.6 Å². The Hall–Kier alpha value is -2.90. The van der Waals surface area contributed by atoms with Gasteiger partial charge in [0.25, 0.3) is 0 Å². The standard InChI is InChI=1S/C25H29FN2O4/c1-17-10-23(32-27-17)12-20-15-31-16-24(20)28(13-18-4-6-21(26)7-5-18)14-19-11-22(29-2)8-9-25(19)30-3/h4-11,20,24H,12-16H2,1-3H3/t20-,24-/m1/s1. The van der Waals surface area contributed by atoms with E-state index in [2.05, 4.69) is 10.1 Å². The minimum absolute atomic E-state index is 0.154. The topological polar surface area (TPSA) is 57.0 Å². The van der Waals surface area contributed by atoms with E-state index >= 15 is 0 Å². The van der Waals surface area contributed by atoms with Crippen molar-refractivity contribution >= 4 is 0 Å². The molecule has 2 atom stereocenters. The van der Waals surface area contributed by atoms with Crippen LogP contribution >= 0.6 is 0 Å². The summed E-state index contributed by atoms with van der Waals surface area (Å²) in [6.45, 7) is 4.48. The van der Waals surface area contributed by atoms with Gasteiger partial charge in [-0.25, -0.2) is 4.39 Å². The number of methoxy groups -OCH3 is 2. The molecule has 2 heterocycles. The van der Waals surface area contributed by atoms with Crippen LogP contribution < -0.4 is 9.47 Å². The van der Waals surface area contributed by atoms with E-state index in [0.717, 1.165) is 40.5 Å². The maximum Gasteiger partial charge on any atom is 0.137 e. The number of hydrogen-bond acceptors (Lipinski definition) is 6. The average Bonchev–Trinajstić information content (AvgIpc) is 3.43. The van der Waals surface area contributed by atoms with Crippen molar-refractivity contribution in [2.75, 3.05) is 27.4 Å². The van der Waals surface area contributed by atoms with Crippen molar-refractivity contribution < 1.29 is 23.1 Å². The Kier molecular flexibility index (Phi) is 7.07. The summed E-state index contributed by atoms with van der Waals surface area (Å²) >= 11 is 0. The molecule has 6 nitrogen and oxygen atoms in total.